The van der Waals surface area contributed by atoms with Crippen LogP contribution in [0, 0.1) is 6.92 Å². The minimum absolute atomic E-state index is 0.0585. The standard InChI is InChI=1S/C12H9F3N2O2S/c1-7-9(20-6-17-7)11(18)19-10(12(13,14)15)8-3-2-4-16-5-8/h2-6,10H,1H3. The van der Waals surface area contributed by atoms with E-state index < -0.39 is 18.2 Å². The summed E-state index contributed by atoms with van der Waals surface area (Å²) in [6.45, 7) is 1.53. The lowest BCUT2D eigenvalue weighted by Gasteiger charge is -2.20. The molecule has 106 valence electrons. The van der Waals surface area contributed by atoms with Crippen molar-refractivity contribution in [2.24, 2.45) is 0 Å². The maximum atomic E-state index is 13.0. The lowest BCUT2D eigenvalue weighted by atomic mass is 10.1. The number of alkyl halides is 3. The van der Waals surface area contributed by atoms with Gasteiger partial charge in [-0.25, -0.2) is 9.78 Å². The number of thiazole rings is 1. The molecule has 1 unspecified atom stereocenters. The Kier molecular flexibility index (Phi) is 4.03. The molecule has 0 spiro atoms. The predicted molar refractivity (Wildman–Crippen MR) is 65.3 cm³/mol. The Morgan fingerprint density at radius 2 is 2.20 bits per heavy atom. The maximum absolute atomic E-state index is 13.0. The van der Waals surface area contributed by atoms with Gasteiger partial charge in [-0.15, -0.1) is 11.3 Å². The van der Waals surface area contributed by atoms with Crippen molar-refractivity contribution in [1.29, 1.82) is 0 Å². The number of pyridine rings is 1. The molecule has 0 saturated heterocycles. The predicted octanol–water partition coefficient (Wildman–Crippen LogP) is 3.31. The van der Waals surface area contributed by atoms with Crippen LogP contribution in [0.25, 0.3) is 0 Å². The monoisotopic (exact) mass is 302 g/mol. The zero-order valence-electron chi connectivity index (χ0n) is 10.2. The van der Waals surface area contributed by atoms with Gasteiger partial charge in [0, 0.05) is 18.0 Å². The normalized spacial score (nSPS) is 13.0. The fraction of sp³-hybridized carbons (Fsp3) is 0.250. The summed E-state index contributed by atoms with van der Waals surface area (Å²) in [6, 6.07) is 2.55. The summed E-state index contributed by atoms with van der Waals surface area (Å²) >= 11 is 0.937. The van der Waals surface area contributed by atoms with E-state index >= 15 is 0 Å². The molecule has 2 aromatic heterocycles. The molecule has 0 amide bonds. The number of carbonyl (C=O) groups is 1. The molecule has 1 atom stereocenters. The van der Waals surface area contributed by atoms with E-state index in [0.717, 1.165) is 17.5 Å². The van der Waals surface area contributed by atoms with Gasteiger partial charge < -0.3 is 4.74 Å². The lowest BCUT2D eigenvalue weighted by Crippen LogP contribution is -2.26. The van der Waals surface area contributed by atoms with Crippen LogP contribution in [0.4, 0.5) is 13.2 Å². The summed E-state index contributed by atoms with van der Waals surface area (Å²) in [6.07, 6.45) is -4.70. The van der Waals surface area contributed by atoms with Crippen molar-refractivity contribution in [3.8, 4) is 0 Å². The molecule has 20 heavy (non-hydrogen) atoms. The number of carbonyl (C=O) groups excluding carboxylic acids is 1. The first-order valence-corrected chi connectivity index (χ1v) is 6.35. The minimum Gasteiger partial charge on any atom is -0.443 e. The Balaban J connectivity index is 2.26. The highest BCUT2D eigenvalue weighted by Crippen LogP contribution is 2.36. The molecule has 0 radical (unpaired) electrons. The number of nitrogens with zero attached hydrogens (tertiary/aromatic N) is 2. The van der Waals surface area contributed by atoms with Crippen molar-refractivity contribution in [1.82, 2.24) is 9.97 Å². The third kappa shape index (κ3) is 3.13. The van der Waals surface area contributed by atoms with Crippen molar-refractivity contribution in [3.63, 3.8) is 0 Å². The second-order valence-corrected chi connectivity index (χ2v) is 4.73. The summed E-state index contributed by atoms with van der Waals surface area (Å²) < 4.78 is 43.6. The summed E-state index contributed by atoms with van der Waals surface area (Å²) in [5.74, 6) is -1.05. The largest absolute Gasteiger partial charge is 0.443 e. The number of hydrogen-bond donors (Lipinski definition) is 0. The third-order valence-corrected chi connectivity index (χ3v) is 3.35. The van der Waals surface area contributed by atoms with E-state index in [1.165, 1.54) is 30.8 Å². The molecule has 2 rings (SSSR count). The third-order valence-electron chi connectivity index (χ3n) is 2.44. The van der Waals surface area contributed by atoms with Crippen LogP contribution >= 0.6 is 11.3 Å². The van der Waals surface area contributed by atoms with Gasteiger partial charge in [-0.1, -0.05) is 6.07 Å². The van der Waals surface area contributed by atoms with Crippen molar-refractivity contribution in [2.75, 3.05) is 0 Å². The molecule has 0 fully saturated rings. The van der Waals surface area contributed by atoms with Crippen LogP contribution in [0.15, 0.2) is 30.0 Å². The van der Waals surface area contributed by atoms with Crippen molar-refractivity contribution >= 4 is 17.3 Å². The van der Waals surface area contributed by atoms with Crippen LogP contribution in [-0.4, -0.2) is 22.1 Å². The summed E-state index contributed by atoms with van der Waals surface area (Å²) in [4.78, 5) is 19.3. The number of aromatic nitrogens is 2. The van der Waals surface area contributed by atoms with Crippen LogP contribution < -0.4 is 0 Å². The van der Waals surface area contributed by atoms with Gasteiger partial charge in [0.25, 0.3) is 0 Å². The van der Waals surface area contributed by atoms with Crippen LogP contribution in [0.5, 0.6) is 0 Å². The number of halogens is 3. The number of aryl methyl sites for hydroxylation is 1. The molecular weight excluding hydrogens is 293 g/mol. The average Bonchev–Trinajstić information content (AvgIpc) is 2.82. The Morgan fingerprint density at radius 3 is 2.70 bits per heavy atom. The van der Waals surface area contributed by atoms with E-state index in [0.29, 0.717) is 5.69 Å². The van der Waals surface area contributed by atoms with Gasteiger partial charge in [-0.05, 0) is 13.0 Å². The topological polar surface area (TPSA) is 52.1 Å². The van der Waals surface area contributed by atoms with Crippen molar-refractivity contribution in [3.05, 3.63) is 46.2 Å². The smallest absolute Gasteiger partial charge is 0.429 e. The first kappa shape index (κ1) is 14.4. The van der Waals surface area contributed by atoms with Crippen molar-refractivity contribution in [2.45, 2.75) is 19.2 Å². The van der Waals surface area contributed by atoms with Gasteiger partial charge in [-0.2, -0.15) is 13.2 Å². The molecule has 0 aliphatic carbocycles. The molecule has 0 N–H and O–H groups in total. The van der Waals surface area contributed by atoms with E-state index in [1.807, 2.05) is 0 Å². The van der Waals surface area contributed by atoms with Gasteiger partial charge in [0.2, 0.25) is 6.10 Å². The molecule has 0 aliphatic heterocycles. The van der Waals surface area contributed by atoms with E-state index in [4.69, 9.17) is 0 Å². The van der Waals surface area contributed by atoms with Gasteiger partial charge in [0.15, 0.2) is 0 Å². The maximum Gasteiger partial charge on any atom is 0.429 e. The number of esters is 1. The molecule has 2 aromatic rings. The molecule has 0 aliphatic rings. The molecule has 0 saturated carbocycles. The van der Waals surface area contributed by atoms with Gasteiger partial charge >= 0.3 is 12.1 Å². The van der Waals surface area contributed by atoms with Crippen LogP contribution in [0.3, 0.4) is 0 Å². The highest BCUT2D eigenvalue weighted by molar-refractivity contribution is 7.11. The molecule has 4 nitrogen and oxygen atoms in total. The van der Waals surface area contributed by atoms with E-state index in [2.05, 4.69) is 14.7 Å². The Bertz CT molecular complexity index is 598. The fourth-order valence-corrected chi connectivity index (χ4v) is 2.20. The summed E-state index contributed by atoms with van der Waals surface area (Å²) in [7, 11) is 0. The quantitative estimate of drug-likeness (QED) is 0.816. The molecular formula is C12H9F3N2O2S. The number of rotatable bonds is 3. The Hall–Kier alpha value is -1.96. The highest BCUT2D eigenvalue weighted by atomic mass is 32.1. The second-order valence-electron chi connectivity index (χ2n) is 3.88. The van der Waals surface area contributed by atoms with E-state index in [1.54, 1.807) is 0 Å². The first-order chi connectivity index (χ1) is 9.39. The molecule has 0 bridgehead atoms. The summed E-state index contributed by atoms with van der Waals surface area (Å²) in [5.41, 5.74) is 1.49. The van der Waals surface area contributed by atoms with Gasteiger partial charge in [0.05, 0.1) is 11.2 Å². The van der Waals surface area contributed by atoms with Crippen LogP contribution in [0.2, 0.25) is 0 Å². The highest BCUT2D eigenvalue weighted by Gasteiger charge is 2.44. The number of ether oxygens (including phenoxy) is 1. The van der Waals surface area contributed by atoms with Gasteiger partial charge in [0.1, 0.15) is 4.88 Å². The van der Waals surface area contributed by atoms with E-state index in [-0.39, 0.29) is 10.4 Å². The summed E-state index contributed by atoms with van der Waals surface area (Å²) in [5, 5.41) is 0. The molecule has 2 heterocycles. The second kappa shape index (κ2) is 5.58. The zero-order chi connectivity index (χ0) is 14.8. The van der Waals surface area contributed by atoms with Gasteiger partial charge in [-0.3, -0.25) is 4.98 Å². The first-order valence-electron chi connectivity index (χ1n) is 5.47. The van der Waals surface area contributed by atoms with E-state index in [9.17, 15) is 18.0 Å². The van der Waals surface area contributed by atoms with Crippen LogP contribution in [0.1, 0.15) is 27.0 Å². The minimum atomic E-state index is -4.71. The number of hydrogen-bond acceptors (Lipinski definition) is 5. The SMILES string of the molecule is Cc1ncsc1C(=O)OC(c1cccnc1)C(F)(F)F. The Morgan fingerprint density at radius 1 is 1.45 bits per heavy atom. The average molecular weight is 302 g/mol. The van der Waals surface area contributed by atoms with Crippen LogP contribution in [-0.2, 0) is 4.74 Å². The lowest BCUT2D eigenvalue weighted by molar-refractivity contribution is -0.207. The Labute approximate surface area is 116 Å². The van der Waals surface area contributed by atoms with Crippen molar-refractivity contribution < 1.29 is 22.7 Å². The molecule has 8 heteroatoms. The zero-order valence-corrected chi connectivity index (χ0v) is 11.0. The molecule has 0 aromatic carbocycles. The fourth-order valence-electron chi connectivity index (χ4n) is 1.51.